The van der Waals surface area contributed by atoms with Crippen LogP contribution in [0.25, 0.3) is 0 Å². The maximum Gasteiger partial charge on any atom is 0.185 e. The summed E-state index contributed by atoms with van der Waals surface area (Å²) in [5, 5.41) is 9.34. The van der Waals surface area contributed by atoms with E-state index >= 15 is 0 Å². The third-order valence-electron chi connectivity index (χ3n) is 0.664. The SMILES string of the molecule is C=CCCNC(=N)N. The Bertz CT molecular complexity index is 87.7. The first kappa shape index (κ1) is 7.01. The molecule has 0 aromatic carbocycles. The Kier molecular flexibility index (Phi) is 3.66. The van der Waals surface area contributed by atoms with Crippen molar-refractivity contribution < 1.29 is 0 Å². The van der Waals surface area contributed by atoms with Crippen molar-refractivity contribution in [3.8, 4) is 0 Å². The molecule has 0 bridgehead atoms. The topological polar surface area (TPSA) is 61.9 Å². The van der Waals surface area contributed by atoms with E-state index in [9.17, 15) is 0 Å². The zero-order chi connectivity index (χ0) is 6.41. The lowest BCUT2D eigenvalue weighted by Gasteiger charge is -1.97. The van der Waals surface area contributed by atoms with E-state index in [4.69, 9.17) is 11.1 Å². The molecule has 0 aromatic heterocycles. The van der Waals surface area contributed by atoms with Crippen molar-refractivity contribution in [2.75, 3.05) is 6.54 Å². The molecular weight excluding hydrogens is 102 g/mol. The van der Waals surface area contributed by atoms with Gasteiger partial charge in [0.05, 0.1) is 0 Å². The first-order valence-corrected chi connectivity index (χ1v) is 2.46. The lowest BCUT2D eigenvalue weighted by atomic mass is 10.4. The van der Waals surface area contributed by atoms with E-state index in [-0.39, 0.29) is 5.96 Å². The summed E-state index contributed by atoms with van der Waals surface area (Å²) in [5.41, 5.74) is 4.97. The summed E-state index contributed by atoms with van der Waals surface area (Å²) < 4.78 is 0. The highest BCUT2D eigenvalue weighted by atomic mass is 15.0. The van der Waals surface area contributed by atoms with Gasteiger partial charge < -0.3 is 11.1 Å². The Morgan fingerprint density at radius 3 is 2.88 bits per heavy atom. The second-order valence-electron chi connectivity index (χ2n) is 1.42. The maximum atomic E-state index is 6.71. The van der Waals surface area contributed by atoms with Gasteiger partial charge in [0.2, 0.25) is 0 Å². The standard InChI is InChI=1S/C5H11N3/c1-2-3-4-8-5(6)7/h2H,1,3-4H2,(H4,6,7,8). The molecule has 0 aliphatic carbocycles. The van der Waals surface area contributed by atoms with E-state index in [0.29, 0.717) is 6.54 Å². The lowest BCUT2D eigenvalue weighted by molar-refractivity contribution is 0.876. The second-order valence-corrected chi connectivity index (χ2v) is 1.42. The van der Waals surface area contributed by atoms with E-state index in [2.05, 4.69) is 11.9 Å². The molecule has 0 aliphatic heterocycles. The highest BCUT2D eigenvalue weighted by molar-refractivity contribution is 5.74. The van der Waals surface area contributed by atoms with Crippen LogP contribution in [0.4, 0.5) is 0 Å². The summed E-state index contributed by atoms with van der Waals surface area (Å²) in [4.78, 5) is 0. The summed E-state index contributed by atoms with van der Waals surface area (Å²) in [5.74, 6) is 0.0202. The lowest BCUT2D eigenvalue weighted by Crippen LogP contribution is -2.30. The van der Waals surface area contributed by atoms with Crippen LogP contribution in [0.2, 0.25) is 0 Å². The molecule has 0 radical (unpaired) electrons. The van der Waals surface area contributed by atoms with Crippen molar-refractivity contribution >= 4 is 5.96 Å². The molecule has 0 heterocycles. The monoisotopic (exact) mass is 113 g/mol. The predicted octanol–water partition coefficient (Wildman–Crippen LogP) is 0.0456. The van der Waals surface area contributed by atoms with Gasteiger partial charge in [-0.2, -0.15) is 0 Å². The number of rotatable bonds is 3. The van der Waals surface area contributed by atoms with Gasteiger partial charge >= 0.3 is 0 Å². The normalized spacial score (nSPS) is 8.00. The molecule has 0 rings (SSSR count). The molecule has 8 heavy (non-hydrogen) atoms. The van der Waals surface area contributed by atoms with Crippen molar-refractivity contribution in [1.82, 2.24) is 5.32 Å². The summed E-state index contributed by atoms with van der Waals surface area (Å²) in [6.07, 6.45) is 2.62. The number of guanidine groups is 1. The third-order valence-corrected chi connectivity index (χ3v) is 0.664. The van der Waals surface area contributed by atoms with E-state index < -0.39 is 0 Å². The summed E-state index contributed by atoms with van der Waals surface area (Å²) in [6, 6.07) is 0. The molecular formula is C5H11N3. The third kappa shape index (κ3) is 5.01. The quantitative estimate of drug-likeness (QED) is 0.209. The molecule has 0 atom stereocenters. The van der Waals surface area contributed by atoms with Gasteiger partial charge in [-0.3, -0.25) is 5.41 Å². The second kappa shape index (κ2) is 4.18. The Morgan fingerprint density at radius 1 is 1.88 bits per heavy atom. The Labute approximate surface area is 49.1 Å². The van der Waals surface area contributed by atoms with E-state index in [0.717, 1.165) is 6.42 Å². The molecule has 0 spiro atoms. The van der Waals surface area contributed by atoms with Gasteiger partial charge in [0.25, 0.3) is 0 Å². The van der Waals surface area contributed by atoms with Gasteiger partial charge in [-0.05, 0) is 6.42 Å². The summed E-state index contributed by atoms with van der Waals surface area (Å²) in [7, 11) is 0. The molecule has 3 heteroatoms. The smallest absolute Gasteiger partial charge is 0.185 e. The van der Waals surface area contributed by atoms with Crippen molar-refractivity contribution in [3.05, 3.63) is 12.7 Å². The van der Waals surface area contributed by atoms with Crippen LogP contribution in [0.15, 0.2) is 12.7 Å². The molecule has 0 aliphatic rings. The zero-order valence-electron chi connectivity index (χ0n) is 4.78. The van der Waals surface area contributed by atoms with Crippen LogP contribution in [-0.4, -0.2) is 12.5 Å². The van der Waals surface area contributed by atoms with Gasteiger partial charge in [-0.1, -0.05) is 6.08 Å². The predicted molar refractivity (Wildman–Crippen MR) is 34.7 cm³/mol. The average molecular weight is 113 g/mol. The molecule has 0 aromatic rings. The van der Waals surface area contributed by atoms with Crippen LogP contribution in [0.5, 0.6) is 0 Å². The van der Waals surface area contributed by atoms with Crippen LogP contribution >= 0.6 is 0 Å². The van der Waals surface area contributed by atoms with Crippen LogP contribution in [0.1, 0.15) is 6.42 Å². The molecule has 0 amide bonds. The maximum absolute atomic E-state index is 6.71. The Hall–Kier alpha value is -0.990. The minimum atomic E-state index is 0.0202. The van der Waals surface area contributed by atoms with Crippen molar-refractivity contribution in [1.29, 1.82) is 5.41 Å². The number of hydrogen-bond donors (Lipinski definition) is 3. The van der Waals surface area contributed by atoms with Crippen LogP contribution in [0.3, 0.4) is 0 Å². The largest absolute Gasteiger partial charge is 0.370 e. The fourth-order valence-corrected chi connectivity index (χ4v) is 0.309. The molecule has 0 saturated heterocycles. The molecule has 3 nitrogen and oxygen atoms in total. The van der Waals surface area contributed by atoms with Gasteiger partial charge in [0.1, 0.15) is 0 Å². The number of nitrogens with one attached hydrogen (secondary N) is 2. The zero-order valence-corrected chi connectivity index (χ0v) is 4.78. The van der Waals surface area contributed by atoms with Crippen LogP contribution in [0, 0.1) is 5.41 Å². The highest BCUT2D eigenvalue weighted by Crippen LogP contribution is 1.72. The minimum Gasteiger partial charge on any atom is -0.370 e. The van der Waals surface area contributed by atoms with Gasteiger partial charge in [-0.25, -0.2) is 0 Å². The summed E-state index contributed by atoms with van der Waals surface area (Å²) >= 11 is 0. The fraction of sp³-hybridized carbons (Fsp3) is 0.400. The van der Waals surface area contributed by atoms with Gasteiger partial charge in [0.15, 0.2) is 5.96 Å². The van der Waals surface area contributed by atoms with Crippen molar-refractivity contribution in [2.24, 2.45) is 5.73 Å². The van der Waals surface area contributed by atoms with E-state index in [1.807, 2.05) is 0 Å². The first-order chi connectivity index (χ1) is 3.77. The first-order valence-electron chi connectivity index (χ1n) is 2.46. The molecule has 0 fully saturated rings. The van der Waals surface area contributed by atoms with Crippen molar-refractivity contribution in [3.63, 3.8) is 0 Å². The average Bonchev–Trinajstić information content (AvgIpc) is 1.66. The van der Waals surface area contributed by atoms with E-state index in [1.165, 1.54) is 0 Å². The molecule has 4 N–H and O–H groups in total. The molecule has 0 saturated carbocycles. The van der Waals surface area contributed by atoms with Crippen LogP contribution < -0.4 is 11.1 Å². The van der Waals surface area contributed by atoms with Gasteiger partial charge in [-0.15, -0.1) is 6.58 Å². The van der Waals surface area contributed by atoms with E-state index in [1.54, 1.807) is 6.08 Å². The summed E-state index contributed by atoms with van der Waals surface area (Å²) in [6.45, 7) is 4.21. The fourth-order valence-electron chi connectivity index (χ4n) is 0.309. The minimum absolute atomic E-state index is 0.0202. The van der Waals surface area contributed by atoms with Crippen molar-refractivity contribution in [2.45, 2.75) is 6.42 Å². The molecule has 46 valence electrons. The Morgan fingerprint density at radius 2 is 2.50 bits per heavy atom. The van der Waals surface area contributed by atoms with Gasteiger partial charge in [0, 0.05) is 6.54 Å². The number of hydrogen-bond acceptors (Lipinski definition) is 1. The molecule has 0 unspecified atom stereocenters. The highest BCUT2D eigenvalue weighted by Gasteiger charge is 1.80. The number of nitrogens with two attached hydrogens (primary N) is 1. The van der Waals surface area contributed by atoms with Crippen LogP contribution in [-0.2, 0) is 0 Å². The Balaban J connectivity index is 2.93.